The van der Waals surface area contributed by atoms with Crippen molar-refractivity contribution in [3.8, 4) is 0 Å². The second-order valence-electron chi connectivity index (χ2n) is 11.7. The summed E-state index contributed by atoms with van der Waals surface area (Å²) < 4.78 is 0. The molecule has 5 atom stereocenters. The van der Waals surface area contributed by atoms with Crippen LogP contribution in [0.5, 0.6) is 0 Å². The average molecular weight is 570 g/mol. The van der Waals surface area contributed by atoms with Crippen molar-refractivity contribution < 1.29 is 39.0 Å². The van der Waals surface area contributed by atoms with Crippen LogP contribution in [-0.2, 0) is 28.8 Å². The summed E-state index contributed by atoms with van der Waals surface area (Å²) in [5.74, 6) is -4.93. The Morgan fingerprint density at radius 1 is 0.825 bits per heavy atom. The minimum Gasteiger partial charge on any atom is -0.481 e. The minimum absolute atomic E-state index is 0.00323. The third-order valence-electron chi connectivity index (χ3n) is 6.78. The Labute approximate surface area is 236 Å². The molecule has 0 aromatic heterocycles. The van der Waals surface area contributed by atoms with Crippen molar-refractivity contribution in [1.82, 2.24) is 20.9 Å². The Bertz CT molecular complexity index is 923. The Balaban J connectivity index is 3.06. The lowest BCUT2D eigenvalue weighted by Gasteiger charge is -2.30. The van der Waals surface area contributed by atoms with Gasteiger partial charge in [-0.2, -0.15) is 0 Å². The molecule has 1 aliphatic heterocycles. The molecule has 0 bridgehead atoms. The number of aliphatic carboxylic acids is 2. The number of nitrogens with one attached hydrogen (secondary N) is 3. The number of nitrogens with two attached hydrogens (primary N) is 1. The molecule has 0 aromatic carbocycles. The van der Waals surface area contributed by atoms with Gasteiger partial charge in [0.1, 0.15) is 24.2 Å². The highest BCUT2D eigenvalue weighted by Gasteiger charge is 2.38. The van der Waals surface area contributed by atoms with Gasteiger partial charge in [-0.1, -0.05) is 41.5 Å². The first-order chi connectivity index (χ1) is 18.5. The third kappa shape index (κ3) is 11.1. The fourth-order valence-electron chi connectivity index (χ4n) is 4.52. The number of carboxylic acids is 2. The maximum absolute atomic E-state index is 13.4. The molecule has 0 unspecified atom stereocenters. The zero-order chi connectivity index (χ0) is 30.7. The number of hydrogen-bond acceptors (Lipinski definition) is 7. The van der Waals surface area contributed by atoms with E-state index in [1.54, 1.807) is 0 Å². The summed E-state index contributed by atoms with van der Waals surface area (Å²) in [7, 11) is 0. The molecule has 228 valence electrons. The summed E-state index contributed by atoms with van der Waals surface area (Å²) in [5.41, 5.74) is 6.04. The summed E-state index contributed by atoms with van der Waals surface area (Å²) >= 11 is 0. The number of amides is 4. The number of carboxylic acid groups (broad SMARTS) is 2. The van der Waals surface area contributed by atoms with E-state index in [1.165, 1.54) is 4.90 Å². The summed E-state index contributed by atoms with van der Waals surface area (Å²) in [6, 6.07) is -5.07. The SMILES string of the molecule is CC(C)C[C@H](NC(=O)[C@H](CC(C)C)NC(=O)[C@@H]1CCCN1C(=O)[C@@H](N)C(C)C)C(=O)N[C@@H](CCC(=O)O)C(=O)O. The van der Waals surface area contributed by atoms with E-state index >= 15 is 0 Å². The van der Waals surface area contributed by atoms with E-state index in [9.17, 15) is 33.9 Å². The van der Waals surface area contributed by atoms with Crippen molar-refractivity contribution in [2.24, 2.45) is 23.5 Å². The van der Waals surface area contributed by atoms with Crippen molar-refractivity contribution in [3.63, 3.8) is 0 Å². The zero-order valence-electron chi connectivity index (χ0n) is 24.4. The lowest BCUT2D eigenvalue weighted by Crippen LogP contribution is -2.58. The highest BCUT2D eigenvalue weighted by Crippen LogP contribution is 2.20. The number of hydrogen-bond donors (Lipinski definition) is 6. The molecule has 4 amide bonds. The lowest BCUT2D eigenvalue weighted by atomic mass is 9.99. The van der Waals surface area contributed by atoms with Gasteiger partial charge in [0.2, 0.25) is 23.6 Å². The van der Waals surface area contributed by atoms with Gasteiger partial charge < -0.3 is 36.8 Å². The number of carbonyl (C=O) groups is 6. The molecule has 13 nitrogen and oxygen atoms in total. The van der Waals surface area contributed by atoms with Gasteiger partial charge in [0, 0.05) is 13.0 Å². The predicted molar refractivity (Wildman–Crippen MR) is 147 cm³/mol. The fourth-order valence-corrected chi connectivity index (χ4v) is 4.52. The van der Waals surface area contributed by atoms with Crippen LogP contribution in [0.4, 0.5) is 0 Å². The van der Waals surface area contributed by atoms with E-state index in [1.807, 2.05) is 41.5 Å². The molecule has 0 radical (unpaired) electrons. The van der Waals surface area contributed by atoms with E-state index in [4.69, 9.17) is 10.8 Å². The van der Waals surface area contributed by atoms with Gasteiger partial charge in [-0.15, -0.1) is 0 Å². The maximum atomic E-state index is 13.4. The van der Waals surface area contributed by atoms with Gasteiger partial charge >= 0.3 is 11.9 Å². The monoisotopic (exact) mass is 569 g/mol. The van der Waals surface area contributed by atoms with Crippen molar-refractivity contribution in [2.45, 2.75) is 110 Å². The topological polar surface area (TPSA) is 208 Å². The van der Waals surface area contributed by atoms with Gasteiger partial charge in [0.25, 0.3) is 0 Å². The van der Waals surface area contributed by atoms with Crippen molar-refractivity contribution in [1.29, 1.82) is 0 Å². The van der Waals surface area contributed by atoms with Crippen LogP contribution in [0.3, 0.4) is 0 Å². The molecule has 0 aromatic rings. The predicted octanol–water partition coefficient (Wildman–Crippen LogP) is 0.457. The van der Waals surface area contributed by atoms with Crippen LogP contribution in [0.15, 0.2) is 0 Å². The zero-order valence-corrected chi connectivity index (χ0v) is 24.4. The summed E-state index contributed by atoms with van der Waals surface area (Å²) in [4.78, 5) is 76.4. The fraction of sp³-hybridized carbons (Fsp3) is 0.778. The second kappa shape index (κ2) is 16.1. The standard InChI is InChI=1S/C27H47N5O8/c1-14(2)12-18(23(35)29-17(27(39)40)9-10-21(33)34)30-24(36)19(13-15(3)4)31-25(37)20-8-7-11-32(20)26(38)22(28)16(5)6/h14-20,22H,7-13,28H2,1-6H3,(H,29,35)(H,30,36)(H,31,37)(H,33,34)(H,39,40)/t17-,18-,19-,20-,22-/m0/s1. The first-order valence-corrected chi connectivity index (χ1v) is 14.0. The smallest absolute Gasteiger partial charge is 0.326 e. The molecular weight excluding hydrogens is 522 g/mol. The summed E-state index contributed by atoms with van der Waals surface area (Å²) in [6.07, 6.45) is 0.730. The highest BCUT2D eigenvalue weighted by molar-refractivity contribution is 5.95. The Morgan fingerprint density at radius 3 is 1.77 bits per heavy atom. The molecule has 1 fully saturated rings. The number of rotatable bonds is 16. The molecule has 0 saturated carbocycles. The largest absolute Gasteiger partial charge is 0.481 e. The Morgan fingerprint density at radius 2 is 1.32 bits per heavy atom. The minimum atomic E-state index is -1.44. The van der Waals surface area contributed by atoms with Gasteiger partial charge in [-0.3, -0.25) is 24.0 Å². The van der Waals surface area contributed by atoms with Crippen molar-refractivity contribution >= 4 is 35.6 Å². The van der Waals surface area contributed by atoms with Crippen LogP contribution in [0, 0.1) is 17.8 Å². The molecule has 0 spiro atoms. The number of likely N-dealkylation sites (tertiary alicyclic amines) is 1. The Hall–Kier alpha value is -3.22. The summed E-state index contributed by atoms with van der Waals surface area (Å²) in [6.45, 7) is 11.4. The van der Waals surface area contributed by atoms with Crippen LogP contribution in [0.2, 0.25) is 0 Å². The number of nitrogens with zero attached hydrogens (tertiary/aromatic N) is 1. The molecular formula is C27H47N5O8. The lowest BCUT2D eigenvalue weighted by molar-refractivity contribution is -0.143. The van der Waals surface area contributed by atoms with Crippen LogP contribution >= 0.6 is 0 Å². The van der Waals surface area contributed by atoms with Crippen LogP contribution < -0.4 is 21.7 Å². The van der Waals surface area contributed by atoms with E-state index < -0.39 is 66.3 Å². The second-order valence-corrected chi connectivity index (χ2v) is 11.7. The average Bonchev–Trinajstić information content (AvgIpc) is 3.33. The highest BCUT2D eigenvalue weighted by atomic mass is 16.4. The number of carbonyl (C=O) groups excluding carboxylic acids is 4. The van der Waals surface area contributed by atoms with Crippen molar-refractivity contribution in [2.75, 3.05) is 6.54 Å². The van der Waals surface area contributed by atoms with Crippen LogP contribution in [-0.4, -0.2) is 87.4 Å². The van der Waals surface area contributed by atoms with E-state index in [2.05, 4.69) is 16.0 Å². The first kappa shape index (κ1) is 34.8. The third-order valence-corrected chi connectivity index (χ3v) is 6.78. The van der Waals surface area contributed by atoms with Gasteiger partial charge in [-0.25, -0.2) is 4.79 Å². The van der Waals surface area contributed by atoms with Crippen LogP contribution in [0.1, 0.15) is 80.1 Å². The maximum Gasteiger partial charge on any atom is 0.326 e. The van der Waals surface area contributed by atoms with Gasteiger partial charge in [0.15, 0.2) is 0 Å². The molecule has 40 heavy (non-hydrogen) atoms. The van der Waals surface area contributed by atoms with Gasteiger partial charge in [-0.05, 0) is 49.9 Å². The molecule has 0 aliphatic carbocycles. The molecule has 1 heterocycles. The van der Waals surface area contributed by atoms with E-state index in [0.717, 1.165) is 0 Å². The molecule has 1 saturated heterocycles. The molecule has 1 rings (SSSR count). The Kier molecular flexibility index (Phi) is 14.0. The van der Waals surface area contributed by atoms with E-state index in [0.29, 0.717) is 19.4 Å². The molecule has 1 aliphatic rings. The van der Waals surface area contributed by atoms with Gasteiger partial charge in [0.05, 0.1) is 6.04 Å². The molecule has 7 N–H and O–H groups in total. The molecule has 13 heteroatoms. The first-order valence-electron chi connectivity index (χ1n) is 14.0. The van der Waals surface area contributed by atoms with Crippen molar-refractivity contribution in [3.05, 3.63) is 0 Å². The quantitative estimate of drug-likeness (QED) is 0.152. The van der Waals surface area contributed by atoms with Crippen LogP contribution in [0.25, 0.3) is 0 Å². The van der Waals surface area contributed by atoms with E-state index in [-0.39, 0.29) is 42.9 Å². The summed E-state index contributed by atoms with van der Waals surface area (Å²) in [5, 5.41) is 26.0. The normalized spacial score (nSPS) is 18.2.